The summed E-state index contributed by atoms with van der Waals surface area (Å²) in [5, 5.41) is 1.11. The molecule has 0 spiro atoms. The first-order chi connectivity index (χ1) is 8.69. The van der Waals surface area contributed by atoms with Crippen molar-refractivity contribution < 1.29 is 9.53 Å². The molecule has 0 radical (unpaired) electrons. The van der Waals surface area contributed by atoms with Gasteiger partial charge in [0.15, 0.2) is 0 Å². The molecule has 2 fully saturated rings. The van der Waals surface area contributed by atoms with Crippen LogP contribution >= 0.6 is 11.3 Å². The number of nitrogens with zero attached hydrogens (tertiary/aromatic N) is 2. The van der Waals surface area contributed by atoms with E-state index in [-0.39, 0.29) is 5.97 Å². The number of thiazole rings is 1. The van der Waals surface area contributed by atoms with E-state index in [0.717, 1.165) is 5.01 Å². The van der Waals surface area contributed by atoms with Gasteiger partial charge >= 0.3 is 5.97 Å². The number of carbonyl (C=O) groups excluding carboxylic acids is 1. The van der Waals surface area contributed by atoms with Crippen LogP contribution < -0.4 is 0 Å². The highest BCUT2D eigenvalue weighted by molar-refractivity contribution is 7.13. The highest BCUT2D eigenvalue weighted by Gasteiger charge is 2.39. The molecule has 0 amide bonds. The number of rotatable bonds is 2. The molecule has 3 heterocycles. The van der Waals surface area contributed by atoms with Crippen LogP contribution in [-0.4, -0.2) is 42.1 Å². The first kappa shape index (κ1) is 12.1. The quantitative estimate of drug-likeness (QED) is 0.770. The number of methoxy groups -OCH3 is 1. The Labute approximate surface area is 111 Å². The van der Waals surface area contributed by atoms with Gasteiger partial charge in [-0.25, -0.2) is 9.78 Å². The van der Waals surface area contributed by atoms with Crippen LogP contribution in [0.1, 0.15) is 46.3 Å². The Balaban J connectivity index is 1.76. The highest BCUT2D eigenvalue weighted by Crippen LogP contribution is 2.42. The van der Waals surface area contributed by atoms with Crippen molar-refractivity contribution in [3.05, 3.63) is 16.1 Å². The Morgan fingerprint density at radius 2 is 2.11 bits per heavy atom. The number of hydrogen-bond acceptors (Lipinski definition) is 5. The van der Waals surface area contributed by atoms with Crippen molar-refractivity contribution in [2.24, 2.45) is 0 Å². The third-order valence-corrected chi connectivity index (χ3v) is 5.50. The first-order valence-corrected chi connectivity index (χ1v) is 7.26. The lowest BCUT2D eigenvalue weighted by Gasteiger charge is -2.35. The van der Waals surface area contributed by atoms with Crippen LogP contribution in [0.4, 0.5) is 0 Å². The van der Waals surface area contributed by atoms with Crippen LogP contribution in [0.3, 0.4) is 0 Å². The van der Waals surface area contributed by atoms with Gasteiger partial charge in [0.25, 0.3) is 0 Å². The van der Waals surface area contributed by atoms with E-state index in [0.29, 0.717) is 22.9 Å². The number of carbonyl (C=O) groups is 1. The van der Waals surface area contributed by atoms with Crippen LogP contribution in [0.2, 0.25) is 0 Å². The molecule has 2 atom stereocenters. The minimum absolute atomic E-state index is 0.269. The van der Waals surface area contributed by atoms with Crippen LogP contribution in [0.5, 0.6) is 0 Å². The van der Waals surface area contributed by atoms with E-state index in [2.05, 4.69) is 16.9 Å². The molecule has 2 aliphatic heterocycles. The summed E-state index contributed by atoms with van der Waals surface area (Å²) < 4.78 is 4.73. The molecule has 1 aromatic heterocycles. The van der Waals surface area contributed by atoms with Gasteiger partial charge in [-0.05, 0) is 32.7 Å². The zero-order valence-corrected chi connectivity index (χ0v) is 11.6. The normalized spacial score (nSPS) is 31.6. The van der Waals surface area contributed by atoms with Crippen molar-refractivity contribution in [3.63, 3.8) is 0 Å². The summed E-state index contributed by atoms with van der Waals surface area (Å²) in [7, 11) is 3.65. The summed E-state index contributed by atoms with van der Waals surface area (Å²) in [5.41, 5.74) is 0. The van der Waals surface area contributed by atoms with E-state index in [1.807, 2.05) is 0 Å². The number of aromatic nitrogens is 1. The van der Waals surface area contributed by atoms with Gasteiger partial charge in [0, 0.05) is 18.0 Å². The molecule has 1 aromatic rings. The Morgan fingerprint density at radius 1 is 1.44 bits per heavy atom. The van der Waals surface area contributed by atoms with E-state index in [1.54, 1.807) is 6.20 Å². The third-order valence-electron chi connectivity index (χ3n) is 4.36. The molecule has 0 aliphatic carbocycles. The van der Waals surface area contributed by atoms with E-state index in [9.17, 15) is 4.79 Å². The molecule has 2 aliphatic rings. The van der Waals surface area contributed by atoms with Crippen molar-refractivity contribution >= 4 is 17.3 Å². The van der Waals surface area contributed by atoms with Crippen molar-refractivity contribution in [2.75, 3.05) is 14.2 Å². The Kier molecular flexibility index (Phi) is 3.11. The molecular weight excluding hydrogens is 248 g/mol. The number of esters is 1. The van der Waals surface area contributed by atoms with E-state index < -0.39 is 0 Å². The second-order valence-corrected chi connectivity index (χ2v) is 6.34. The fraction of sp³-hybridized carbons (Fsp3) is 0.692. The van der Waals surface area contributed by atoms with Gasteiger partial charge in [-0.1, -0.05) is 0 Å². The van der Waals surface area contributed by atoms with Crippen molar-refractivity contribution in [2.45, 2.75) is 43.7 Å². The maximum atomic E-state index is 11.4. The zero-order valence-electron chi connectivity index (χ0n) is 10.8. The fourth-order valence-corrected chi connectivity index (χ4v) is 4.25. The molecule has 2 saturated heterocycles. The molecule has 2 unspecified atom stereocenters. The second-order valence-electron chi connectivity index (χ2n) is 5.27. The Morgan fingerprint density at radius 3 is 2.72 bits per heavy atom. The van der Waals surface area contributed by atoms with Gasteiger partial charge in [-0.15, -0.1) is 11.3 Å². The van der Waals surface area contributed by atoms with Crippen LogP contribution in [0.15, 0.2) is 6.20 Å². The second kappa shape index (κ2) is 4.63. The lowest BCUT2D eigenvalue weighted by Crippen LogP contribution is -2.39. The minimum Gasteiger partial charge on any atom is -0.465 e. The lowest BCUT2D eigenvalue weighted by atomic mass is 9.92. The van der Waals surface area contributed by atoms with Gasteiger partial charge in [0.1, 0.15) is 4.88 Å². The number of hydrogen-bond donors (Lipinski definition) is 0. The molecule has 4 nitrogen and oxygen atoms in total. The molecule has 2 bridgehead atoms. The number of ether oxygens (including phenoxy) is 1. The SMILES string of the molecule is COC(=O)c1cnc(C2CC3CCC(C2)N3C)s1. The average Bonchev–Trinajstić information content (AvgIpc) is 2.92. The van der Waals surface area contributed by atoms with Crippen molar-refractivity contribution in [3.8, 4) is 0 Å². The largest absolute Gasteiger partial charge is 0.465 e. The van der Waals surface area contributed by atoms with Crippen LogP contribution in [-0.2, 0) is 4.74 Å². The van der Waals surface area contributed by atoms with E-state index in [1.165, 1.54) is 44.1 Å². The van der Waals surface area contributed by atoms with Crippen LogP contribution in [0.25, 0.3) is 0 Å². The van der Waals surface area contributed by atoms with Gasteiger partial charge in [-0.2, -0.15) is 0 Å². The number of piperidine rings is 1. The maximum Gasteiger partial charge on any atom is 0.349 e. The summed E-state index contributed by atoms with van der Waals surface area (Å²) >= 11 is 1.50. The smallest absolute Gasteiger partial charge is 0.349 e. The number of fused-ring (bicyclic) bond motifs is 2. The summed E-state index contributed by atoms with van der Waals surface area (Å²) in [6, 6.07) is 1.42. The standard InChI is InChI=1S/C13H18N2O2S/c1-15-9-3-4-10(15)6-8(5-9)12-14-7-11(18-12)13(16)17-2/h7-10H,3-6H2,1-2H3. The molecule has 0 aromatic carbocycles. The molecular formula is C13H18N2O2S. The predicted octanol–water partition coefficient (Wildman–Crippen LogP) is 2.27. The monoisotopic (exact) mass is 266 g/mol. The van der Waals surface area contributed by atoms with Gasteiger partial charge in [0.05, 0.1) is 18.3 Å². The summed E-state index contributed by atoms with van der Waals surface area (Å²) in [5.74, 6) is 0.261. The van der Waals surface area contributed by atoms with Gasteiger partial charge < -0.3 is 9.64 Å². The van der Waals surface area contributed by atoms with E-state index >= 15 is 0 Å². The highest BCUT2D eigenvalue weighted by atomic mass is 32.1. The minimum atomic E-state index is -0.269. The molecule has 5 heteroatoms. The van der Waals surface area contributed by atoms with Crippen LogP contribution in [0, 0.1) is 0 Å². The summed E-state index contributed by atoms with van der Waals surface area (Å²) in [6.07, 6.45) is 6.65. The van der Waals surface area contributed by atoms with E-state index in [4.69, 9.17) is 4.74 Å². The predicted molar refractivity (Wildman–Crippen MR) is 70.0 cm³/mol. The third kappa shape index (κ3) is 1.95. The summed E-state index contributed by atoms with van der Waals surface area (Å²) in [4.78, 5) is 19.0. The van der Waals surface area contributed by atoms with Gasteiger partial charge in [-0.3, -0.25) is 0 Å². The van der Waals surface area contributed by atoms with Crippen molar-refractivity contribution in [1.29, 1.82) is 0 Å². The first-order valence-electron chi connectivity index (χ1n) is 6.45. The Hall–Kier alpha value is -0.940. The molecule has 0 N–H and O–H groups in total. The molecule has 18 heavy (non-hydrogen) atoms. The average molecular weight is 266 g/mol. The van der Waals surface area contributed by atoms with Crippen molar-refractivity contribution in [1.82, 2.24) is 9.88 Å². The molecule has 0 saturated carbocycles. The zero-order chi connectivity index (χ0) is 12.7. The maximum absolute atomic E-state index is 11.4. The molecule has 3 rings (SSSR count). The Bertz CT molecular complexity index is 446. The molecule has 98 valence electrons. The summed E-state index contributed by atoms with van der Waals surface area (Å²) in [6.45, 7) is 0. The lowest BCUT2D eigenvalue weighted by molar-refractivity contribution is 0.0606. The van der Waals surface area contributed by atoms with Gasteiger partial charge in [0.2, 0.25) is 0 Å². The topological polar surface area (TPSA) is 42.4 Å². The fourth-order valence-electron chi connectivity index (χ4n) is 3.28.